The van der Waals surface area contributed by atoms with Crippen molar-refractivity contribution in [1.29, 1.82) is 0 Å². The van der Waals surface area contributed by atoms with Crippen LogP contribution in [0.25, 0.3) is 0 Å². The fraction of sp³-hybridized carbons (Fsp3) is 0.273. The van der Waals surface area contributed by atoms with E-state index in [-0.39, 0.29) is 11.7 Å². The second-order valence-corrected chi connectivity index (χ2v) is 2.90. The highest BCUT2D eigenvalue weighted by molar-refractivity contribution is 5.40. The number of rotatable bonds is 2. The van der Waals surface area contributed by atoms with Gasteiger partial charge in [-0.25, -0.2) is 8.78 Å². The average Bonchev–Trinajstić information content (AvgIpc) is 2.15. The van der Waals surface area contributed by atoms with Crippen molar-refractivity contribution in [3.63, 3.8) is 0 Å². The van der Waals surface area contributed by atoms with Gasteiger partial charge in [-0.05, 0) is 13.0 Å². The smallest absolute Gasteiger partial charge is 0.168 e. The van der Waals surface area contributed by atoms with Gasteiger partial charge in [-0.3, -0.25) is 0 Å². The monoisotopic (exact) mass is 196 g/mol. The maximum Gasteiger partial charge on any atom is 0.168 e. The highest BCUT2D eigenvalue weighted by Gasteiger charge is 2.15. The SMILES string of the molecule is C#CC(C)c1cc(F)cc(F)c1OC. The third-order valence-electron chi connectivity index (χ3n) is 1.96. The first-order valence-corrected chi connectivity index (χ1v) is 4.09. The topological polar surface area (TPSA) is 9.23 Å². The van der Waals surface area contributed by atoms with E-state index >= 15 is 0 Å². The number of hydrogen-bond acceptors (Lipinski definition) is 1. The van der Waals surface area contributed by atoms with Crippen LogP contribution in [0.5, 0.6) is 5.75 Å². The van der Waals surface area contributed by atoms with Gasteiger partial charge in [0.1, 0.15) is 5.82 Å². The fourth-order valence-electron chi connectivity index (χ4n) is 1.21. The molecule has 1 aromatic carbocycles. The third kappa shape index (κ3) is 1.85. The summed E-state index contributed by atoms with van der Waals surface area (Å²) in [6.45, 7) is 1.68. The summed E-state index contributed by atoms with van der Waals surface area (Å²) in [5, 5.41) is 0. The summed E-state index contributed by atoms with van der Waals surface area (Å²) < 4.78 is 30.9. The first-order valence-electron chi connectivity index (χ1n) is 4.09. The molecule has 1 aromatic rings. The van der Waals surface area contributed by atoms with E-state index in [1.807, 2.05) is 0 Å². The van der Waals surface area contributed by atoms with Gasteiger partial charge >= 0.3 is 0 Å². The number of ether oxygens (including phenoxy) is 1. The molecule has 3 heteroatoms. The summed E-state index contributed by atoms with van der Waals surface area (Å²) >= 11 is 0. The van der Waals surface area contributed by atoms with Crippen LogP contribution >= 0.6 is 0 Å². The van der Waals surface area contributed by atoms with E-state index in [1.54, 1.807) is 6.92 Å². The highest BCUT2D eigenvalue weighted by Crippen LogP contribution is 2.29. The molecule has 0 aliphatic heterocycles. The van der Waals surface area contributed by atoms with Crippen LogP contribution in [-0.2, 0) is 0 Å². The Bertz CT molecular complexity index is 380. The second kappa shape index (κ2) is 4.10. The Labute approximate surface area is 81.7 Å². The summed E-state index contributed by atoms with van der Waals surface area (Å²) in [6.07, 6.45) is 5.18. The Hall–Kier alpha value is -1.56. The van der Waals surface area contributed by atoms with E-state index in [9.17, 15) is 8.78 Å². The van der Waals surface area contributed by atoms with E-state index in [1.165, 1.54) is 13.2 Å². The lowest BCUT2D eigenvalue weighted by Gasteiger charge is -2.11. The zero-order valence-electron chi connectivity index (χ0n) is 7.97. The number of benzene rings is 1. The van der Waals surface area contributed by atoms with Crippen molar-refractivity contribution in [2.75, 3.05) is 7.11 Å². The lowest BCUT2D eigenvalue weighted by Crippen LogP contribution is -1.99. The summed E-state index contributed by atoms with van der Waals surface area (Å²) in [5.74, 6) is 0.644. The second-order valence-electron chi connectivity index (χ2n) is 2.90. The molecule has 0 spiro atoms. The quantitative estimate of drug-likeness (QED) is 0.661. The maximum absolute atomic E-state index is 13.2. The molecule has 1 nitrogen and oxygen atoms in total. The minimum absolute atomic E-state index is 0.0110. The van der Waals surface area contributed by atoms with Crippen molar-refractivity contribution in [2.45, 2.75) is 12.8 Å². The Morgan fingerprint density at radius 1 is 1.43 bits per heavy atom. The zero-order valence-corrected chi connectivity index (χ0v) is 7.97. The number of hydrogen-bond donors (Lipinski definition) is 0. The van der Waals surface area contributed by atoms with Crippen molar-refractivity contribution >= 4 is 0 Å². The van der Waals surface area contributed by atoms with Crippen molar-refractivity contribution in [3.8, 4) is 18.1 Å². The average molecular weight is 196 g/mol. The molecule has 0 amide bonds. The number of methoxy groups -OCH3 is 1. The van der Waals surface area contributed by atoms with E-state index in [4.69, 9.17) is 11.2 Å². The van der Waals surface area contributed by atoms with Crippen molar-refractivity contribution in [1.82, 2.24) is 0 Å². The van der Waals surface area contributed by atoms with E-state index in [0.29, 0.717) is 5.56 Å². The first-order chi connectivity index (χ1) is 6.60. The minimum atomic E-state index is -0.732. The standard InChI is InChI=1S/C11H10F2O/c1-4-7(2)9-5-8(12)6-10(13)11(9)14-3/h1,5-7H,2-3H3. The predicted molar refractivity (Wildman–Crippen MR) is 50.2 cm³/mol. The molecular formula is C11H10F2O. The van der Waals surface area contributed by atoms with Gasteiger partial charge < -0.3 is 4.74 Å². The Kier molecular flexibility index (Phi) is 3.08. The van der Waals surface area contributed by atoms with Gasteiger partial charge in [-0.1, -0.05) is 5.92 Å². The summed E-state index contributed by atoms with van der Waals surface area (Å²) in [4.78, 5) is 0. The fourth-order valence-corrected chi connectivity index (χ4v) is 1.21. The molecule has 14 heavy (non-hydrogen) atoms. The van der Waals surface area contributed by atoms with Gasteiger partial charge in [-0.15, -0.1) is 6.42 Å². The highest BCUT2D eigenvalue weighted by atomic mass is 19.1. The summed E-state index contributed by atoms with van der Waals surface area (Å²) in [7, 11) is 1.32. The van der Waals surface area contributed by atoms with E-state index in [2.05, 4.69) is 5.92 Å². The maximum atomic E-state index is 13.2. The summed E-state index contributed by atoms with van der Waals surface area (Å²) in [6, 6.07) is 1.96. The van der Waals surface area contributed by atoms with Crippen LogP contribution in [0, 0.1) is 24.0 Å². The van der Waals surface area contributed by atoms with Gasteiger partial charge in [0.2, 0.25) is 0 Å². The molecule has 0 saturated carbocycles. The molecule has 0 heterocycles. The molecule has 0 fully saturated rings. The largest absolute Gasteiger partial charge is 0.493 e. The Balaban J connectivity index is 3.33. The zero-order chi connectivity index (χ0) is 10.7. The molecule has 0 aliphatic rings. The lowest BCUT2D eigenvalue weighted by molar-refractivity contribution is 0.378. The molecular weight excluding hydrogens is 186 g/mol. The lowest BCUT2D eigenvalue weighted by atomic mass is 10.0. The van der Waals surface area contributed by atoms with Crippen LogP contribution in [0.4, 0.5) is 8.78 Å². The number of terminal acetylenes is 1. The molecule has 1 unspecified atom stereocenters. The van der Waals surface area contributed by atoms with Gasteiger partial charge in [0, 0.05) is 17.5 Å². The summed E-state index contributed by atoms with van der Waals surface area (Å²) in [5.41, 5.74) is 0.354. The van der Waals surface area contributed by atoms with Crippen molar-refractivity contribution in [2.24, 2.45) is 0 Å². The van der Waals surface area contributed by atoms with Crippen LogP contribution in [0.15, 0.2) is 12.1 Å². The third-order valence-corrected chi connectivity index (χ3v) is 1.96. The Morgan fingerprint density at radius 2 is 2.07 bits per heavy atom. The van der Waals surface area contributed by atoms with Gasteiger partial charge in [-0.2, -0.15) is 0 Å². The van der Waals surface area contributed by atoms with Gasteiger partial charge in [0.15, 0.2) is 11.6 Å². The molecule has 1 rings (SSSR count). The first kappa shape index (κ1) is 10.5. The molecule has 0 bridgehead atoms. The number of halogens is 2. The molecule has 0 N–H and O–H groups in total. The van der Waals surface area contributed by atoms with Crippen LogP contribution in [0.3, 0.4) is 0 Å². The van der Waals surface area contributed by atoms with Crippen molar-refractivity contribution < 1.29 is 13.5 Å². The van der Waals surface area contributed by atoms with E-state index in [0.717, 1.165) is 6.07 Å². The predicted octanol–water partition coefficient (Wildman–Crippen LogP) is 2.71. The minimum Gasteiger partial charge on any atom is -0.493 e. The van der Waals surface area contributed by atoms with Gasteiger partial charge in [0.25, 0.3) is 0 Å². The van der Waals surface area contributed by atoms with Crippen LogP contribution in [-0.4, -0.2) is 7.11 Å². The Morgan fingerprint density at radius 3 is 2.57 bits per heavy atom. The van der Waals surface area contributed by atoms with E-state index < -0.39 is 11.6 Å². The molecule has 0 aliphatic carbocycles. The molecule has 0 aromatic heterocycles. The molecule has 74 valence electrons. The van der Waals surface area contributed by atoms with Gasteiger partial charge in [0.05, 0.1) is 7.11 Å². The van der Waals surface area contributed by atoms with Crippen LogP contribution < -0.4 is 4.74 Å². The van der Waals surface area contributed by atoms with Crippen LogP contribution in [0.1, 0.15) is 18.4 Å². The van der Waals surface area contributed by atoms with Crippen LogP contribution in [0.2, 0.25) is 0 Å². The normalized spacial score (nSPS) is 11.9. The molecule has 0 saturated heterocycles. The van der Waals surface area contributed by atoms with Crippen molar-refractivity contribution in [3.05, 3.63) is 29.3 Å². The molecule has 1 atom stereocenters. The molecule has 0 radical (unpaired) electrons.